The number of carbonyl (C=O) groups excluding carboxylic acids is 2. The molecule has 0 spiro atoms. The minimum absolute atomic E-state index is 0.362. The summed E-state index contributed by atoms with van der Waals surface area (Å²) in [5, 5.41) is 2.66. The van der Waals surface area contributed by atoms with Crippen LogP contribution in [0, 0.1) is 5.82 Å². The molecule has 0 bridgehead atoms. The van der Waals surface area contributed by atoms with Crippen molar-refractivity contribution in [2.75, 3.05) is 18.5 Å². The summed E-state index contributed by atoms with van der Waals surface area (Å²) < 4.78 is 28.8. The van der Waals surface area contributed by atoms with Gasteiger partial charge in [-0.05, 0) is 42.8 Å². The van der Waals surface area contributed by atoms with Gasteiger partial charge >= 0.3 is 5.97 Å². The molecule has 1 aliphatic rings. The van der Waals surface area contributed by atoms with E-state index >= 15 is 0 Å². The second-order valence-electron chi connectivity index (χ2n) is 5.81. The maximum atomic E-state index is 12.8. The zero-order valence-electron chi connectivity index (χ0n) is 14.6. The highest BCUT2D eigenvalue weighted by atomic mass is 19.1. The van der Waals surface area contributed by atoms with Crippen LogP contribution >= 0.6 is 0 Å². The molecule has 0 aliphatic carbocycles. The summed E-state index contributed by atoms with van der Waals surface area (Å²) in [5.41, 5.74) is 1.15. The molecule has 0 radical (unpaired) electrons. The van der Waals surface area contributed by atoms with Crippen molar-refractivity contribution in [1.82, 2.24) is 0 Å². The molecular formula is C20H18FNO5. The van der Waals surface area contributed by atoms with Crippen LogP contribution < -0.4 is 14.8 Å². The molecule has 1 aliphatic heterocycles. The number of rotatable bonds is 5. The molecule has 0 fully saturated rings. The first kappa shape index (κ1) is 18.4. The van der Waals surface area contributed by atoms with Crippen molar-refractivity contribution in [1.29, 1.82) is 0 Å². The fourth-order valence-corrected chi connectivity index (χ4v) is 2.37. The van der Waals surface area contributed by atoms with Gasteiger partial charge in [0.2, 0.25) is 0 Å². The number of nitrogens with one attached hydrogen (secondary N) is 1. The lowest BCUT2D eigenvalue weighted by Crippen LogP contribution is -2.29. The Morgan fingerprint density at radius 3 is 2.56 bits per heavy atom. The van der Waals surface area contributed by atoms with Gasteiger partial charge in [-0.1, -0.05) is 12.1 Å². The molecule has 1 atom stereocenters. The Labute approximate surface area is 155 Å². The molecule has 6 nitrogen and oxygen atoms in total. The van der Waals surface area contributed by atoms with Crippen LogP contribution in [-0.2, 0) is 14.3 Å². The summed E-state index contributed by atoms with van der Waals surface area (Å²) in [4.78, 5) is 24.0. The minimum Gasteiger partial charge on any atom is -0.486 e. The number of carbonyl (C=O) groups is 2. The second kappa shape index (κ2) is 8.35. The van der Waals surface area contributed by atoms with Gasteiger partial charge in [0.15, 0.2) is 17.6 Å². The smallest absolute Gasteiger partial charge is 0.331 e. The molecule has 27 heavy (non-hydrogen) atoms. The lowest BCUT2D eigenvalue weighted by atomic mass is 10.2. The van der Waals surface area contributed by atoms with Crippen molar-refractivity contribution in [2.45, 2.75) is 13.0 Å². The van der Waals surface area contributed by atoms with E-state index in [1.165, 1.54) is 43.3 Å². The molecular weight excluding hydrogens is 353 g/mol. The average Bonchev–Trinajstić information content (AvgIpc) is 2.67. The van der Waals surface area contributed by atoms with Crippen molar-refractivity contribution in [3.63, 3.8) is 0 Å². The summed E-state index contributed by atoms with van der Waals surface area (Å²) in [6.45, 7) is 2.40. The zero-order valence-corrected chi connectivity index (χ0v) is 14.6. The Kier molecular flexibility index (Phi) is 5.71. The van der Waals surface area contributed by atoms with Gasteiger partial charge in [-0.2, -0.15) is 0 Å². The normalized spacial score (nSPS) is 13.9. The molecule has 7 heteroatoms. The third-order valence-electron chi connectivity index (χ3n) is 3.75. The van der Waals surface area contributed by atoms with Crippen LogP contribution in [0.15, 0.2) is 48.5 Å². The molecule has 1 N–H and O–H groups in total. The predicted molar refractivity (Wildman–Crippen MR) is 97.0 cm³/mol. The van der Waals surface area contributed by atoms with Crippen LogP contribution in [0.3, 0.4) is 0 Å². The average molecular weight is 371 g/mol. The molecule has 2 aromatic rings. The molecule has 3 rings (SSSR count). The summed E-state index contributed by atoms with van der Waals surface area (Å²) in [6, 6.07) is 10.6. The standard InChI is InChI=1S/C20H18FNO5/c1-13(27-19(23)9-4-14-2-5-15(21)6-3-14)20(24)22-16-7-8-17-18(12-16)26-11-10-25-17/h2-9,12-13H,10-11H2,1H3,(H,22,24). The summed E-state index contributed by atoms with van der Waals surface area (Å²) >= 11 is 0. The highest BCUT2D eigenvalue weighted by molar-refractivity contribution is 5.96. The van der Waals surface area contributed by atoms with E-state index in [1.807, 2.05) is 0 Å². The number of esters is 1. The summed E-state index contributed by atoms with van der Waals surface area (Å²) in [7, 11) is 0. The quantitative estimate of drug-likeness (QED) is 0.646. The van der Waals surface area contributed by atoms with Crippen LogP contribution in [0.4, 0.5) is 10.1 Å². The Morgan fingerprint density at radius 1 is 1.11 bits per heavy atom. The van der Waals surface area contributed by atoms with E-state index in [1.54, 1.807) is 18.2 Å². The number of halogens is 1. The third kappa shape index (κ3) is 5.07. The van der Waals surface area contributed by atoms with Gasteiger partial charge in [0, 0.05) is 17.8 Å². The zero-order chi connectivity index (χ0) is 19.2. The number of anilines is 1. The van der Waals surface area contributed by atoms with Crippen LogP contribution in [0.5, 0.6) is 11.5 Å². The van der Waals surface area contributed by atoms with E-state index in [0.29, 0.717) is 36.0 Å². The maximum Gasteiger partial charge on any atom is 0.331 e. The molecule has 0 aromatic heterocycles. The van der Waals surface area contributed by atoms with Crippen molar-refractivity contribution in [3.05, 3.63) is 59.9 Å². The predicted octanol–water partition coefficient (Wildman–Crippen LogP) is 3.18. The third-order valence-corrected chi connectivity index (χ3v) is 3.75. The first-order valence-corrected chi connectivity index (χ1v) is 8.36. The fourth-order valence-electron chi connectivity index (χ4n) is 2.37. The van der Waals surface area contributed by atoms with Crippen LogP contribution in [-0.4, -0.2) is 31.2 Å². The number of hydrogen-bond donors (Lipinski definition) is 1. The molecule has 140 valence electrons. The lowest BCUT2D eigenvalue weighted by molar-refractivity contribution is -0.148. The SMILES string of the molecule is CC(OC(=O)C=Cc1ccc(F)cc1)C(=O)Nc1ccc2c(c1)OCCO2. The van der Waals surface area contributed by atoms with E-state index in [-0.39, 0.29) is 5.82 Å². The Morgan fingerprint density at radius 2 is 1.81 bits per heavy atom. The van der Waals surface area contributed by atoms with Gasteiger partial charge in [0.25, 0.3) is 5.91 Å². The van der Waals surface area contributed by atoms with Gasteiger partial charge in [0.1, 0.15) is 19.0 Å². The molecule has 1 unspecified atom stereocenters. The van der Waals surface area contributed by atoms with Crippen molar-refractivity contribution < 1.29 is 28.2 Å². The number of ether oxygens (including phenoxy) is 3. The molecule has 0 saturated carbocycles. The summed E-state index contributed by atoms with van der Waals surface area (Å²) in [6.07, 6.45) is 1.66. The Bertz CT molecular complexity index is 863. The monoisotopic (exact) mass is 371 g/mol. The first-order valence-electron chi connectivity index (χ1n) is 8.36. The lowest BCUT2D eigenvalue weighted by Gasteiger charge is -2.19. The summed E-state index contributed by atoms with van der Waals surface area (Å²) in [5.74, 6) is -0.353. The van der Waals surface area contributed by atoms with Gasteiger partial charge in [-0.15, -0.1) is 0 Å². The highest BCUT2D eigenvalue weighted by Crippen LogP contribution is 2.32. The van der Waals surface area contributed by atoms with Gasteiger partial charge in [-0.25, -0.2) is 9.18 Å². The van der Waals surface area contributed by atoms with E-state index < -0.39 is 18.0 Å². The largest absolute Gasteiger partial charge is 0.486 e. The van der Waals surface area contributed by atoms with Crippen LogP contribution in [0.1, 0.15) is 12.5 Å². The number of hydrogen-bond acceptors (Lipinski definition) is 5. The van der Waals surface area contributed by atoms with Crippen molar-refractivity contribution >= 4 is 23.6 Å². The van der Waals surface area contributed by atoms with Gasteiger partial charge < -0.3 is 19.5 Å². The van der Waals surface area contributed by atoms with Crippen molar-refractivity contribution in [3.8, 4) is 11.5 Å². The van der Waals surface area contributed by atoms with E-state index in [9.17, 15) is 14.0 Å². The number of benzene rings is 2. The van der Waals surface area contributed by atoms with E-state index in [0.717, 1.165) is 0 Å². The van der Waals surface area contributed by atoms with Crippen molar-refractivity contribution in [2.24, 2.45) is 0 Å². The van der Waals surface area contributed by atoms with E-state index in [2.05, 4.69) is 5.32 Å². The number of amides is 1. The van der Waals surface area contributed by atoms with Gasteiger partial charge in [0.05, 0.1) is 0 Å². The topological polar surface area (TPSA) is 73.9 Å². The molecule has 0 saturated heterocycles. The highest BCUT2D eigenvalue weighted by Gasteiger charge is 2.18. The number of fused-ring (bicyclic) bond motifs is 1. The van der Waals surface area contributed by atoms with E-state index in [4.69, 9.17) is 14.2 Å². The minimum atomic E-state index is -0.997. The molecule has 1 amide bonds. The first-order chi connectivity index (χ1) is 13.0. The Hall–Kier alpha value is -3.35. The maximum absolute atomic E-state index is 12.8. The van der Waals surface area contributed by atoms with Crippen LogP contribution in [0.2, 0.25) is 0 Å². The van der Waals surface area contributed by atoms with Crippen LogP contribution in [0.25, 0.3) is 6.08 Å². The van der Waals surface area contributed by atoms with Gasteiger partial charge in [-0.3, -0.25) is 4.79 Å². The Balaban J connectivity index is 1.54. The molecule has 2 aromatic carbocycles. The fraction of sp³-hybridized carbons (Fsp3) is 0.200. The second-order valence-corrected chi connectivity index (χ2v) is 5.81. The molecule has 1 heterocycles.